The first-order valence-corrected chi connectivity index (χ1v) is 10.8. The lowest BCUT2D eigenvalue weighted by Crippen LogP contribution is -2.32. The molecule has 11 heteroatoms. The predicted octanol–water partition coefficient (Wildman–Crippen LogP) is 7.34. The van der Waals surface area contributed by atoms with E-state index in [2.05, 4.69) is 0 Å². The minimum atomic E-state index is -1.73. The second kappa shape index (κ2) is 9.73. The van der Waals surface area contributed by atoms with Crippen LogP contribution in [-0.2, 0) is 9.59 Å². The van der Waals surface area contributed by atoms with Gasteiger partial charge in [0, 0.05) is 9.79 Å². The van der Waals surface area contributed by atoms with Crippen molar-refractivity contribution in [3.8, 4) is 11.5 Å². The van der Waals surface area contributed by atoms with Gasteiger partial charge in [-0.2, -0.15) is 0 Å². The summed E-state index contributed by atoms with van der Waals surface area (Å²) in [5.41, 5.74) is 0. The Morgan fingerprint density at radius 3 is 1.41 bits per heavy atom. The van der Waals surface area contributed by atoms with Gasteiger partial charge in [0.2, 0.25) is 0 Å². The Morgan fingerprint density at radius 2 is 1.14 bits per heavy atom. The van der Waals surface area contributed by atoms with Gasteiger partial charge < -0.3 is 9.47 Å². The zero-order chi connectivity index (χ0) is 22.0. The number of rotatable bonds is 8. The summed E-state index contributed by atoms with van der Waals surface area (Å²) < 4.78 is 10.7. The van der Waals surface area contributed by atoms with E-state index in [-0.39, 0.29) is 21.5 Å². The Labute approximate surface area is 201 Å². The molecule has 2 unspecified atom stereocenters. The molecule has 2 aromatic rings. The number of ether oxygens (including phenoxy) is 2. The highest BCUT2D eigenvalue weighted by molar-refractivity contribution is 7.99. The van der Waals surface area contributed by atoms with Crippen LogP contribution in [0.25, 0.3) is 0 Å². The van der Waals surface area contributed by atoms with Crippen molar-refractivity contribution in [2.45, 2.75) is 33.8 Å². The zero-order valence-electron chi connectivity index (χ0n) is 14.8. The Bertz CT molecular complexity index is 872. The van der Waals surface area contributed by atoms with Crippen LogP contribution >= 0.6 is 81.4 Å². The van der Waals surface area contributed by atoms with Crippen LogP contribution < -0.4 is 9.47 Å². The van der Waals surface area contributed by atoms with Crippen molar-refractivity contribution in [3.63, 3.8) is 0 Å². The number of benzene rings is 2. The molecule has 2 aromatic carbocycles. The van der Waals surface area contributed by atoms with Gasteiger partial charge in [0.1, 0.15) is 11.5 Å². The Hall–Kier alpha value is -0.530. The first kappa shape index (κ1) is 24.7. The summed E-state index contributed by atoms with van der Waals surface area (Å²) in [5, 5.41) is -4.72. The highest BCUT2D eigenvalue weighted by atomic mass is 35.5. The molecule has 0 aliphatic heterocycles. The molecule has 156 valence electrons. The van der Waals surface area contributed by atoms with Crippen molar-refractivity contribution in [3.05, 3.63) is 46.4 Å². The molecule has 0 N–H and O–H groups in total. The van der Waals surface area contributed by atoms with Crippen LogP contribution in [0.1, 0.15) is 13.8 Å². The van der Waals surface area contributed by atoms with Crippen LogP contribution in [-0.4, -0.2) is 20.6 Å². The summed E-state index contributed by atoms with van der Waals surface area (Å²) in [5.74, 6) is 0.410. The molecular formula is C18H12Cl6O4S. The van der Waals surface area contributed by atoms with Gasteiger partial charge in [-0.3, -0.25) is 9.59 Å². The molecule has 0 spiro atoms. The van der Waals surface area contributed by atoms with Crippen molar-refractivity contribution in [1.29, 1.82) is 0 Å². The first-order valence-electron chi connectivity index (χ1n) is 7.74. The normalized spacial score (nSPS) is 15.2. The summed E-state index contributed by atoms with van der Waals surface area (Å²) in [4.78, 5) is 24.1. The molecular weight excluding hydrogens is 525 g/mol. The molecule has 0 saturated carbocycles. The first-order chi connectivity index (χ1) is 13.3. The van der Waals surface area contributed by atoms with E-state index in [4.69, 9.17) is 79.1 Å². The Morgan fingerprint density at radius 1 is 0.793 bits per heavy atom. The zero-order valence-corrected chi connectivity index (χ0v) is 20.1. The molecule has 0 fully saturated rings. The second-order valence-corrected chi connectivity index (χ2v) is 9.96. The summed E-state index contributed by atoms with van der Waals surface area (Å²) in [6.45, 7) is 2.64. The molecule has 29 heavy (non-hydrogen) atoms. The standard InChI is InChI=1S/C18H12Cl6O4S/c1-17(23,15(21)25)27-13-5-3-9(7-11(13)19)29-10-4-6-14(12(20)8-10)28-18(2,24)16(22)26/h3-8H,1-2H3. The van der Waals surface area contributed by atoms with E-state index >= 15 is 0 Å². The molecule has 0 aromatic heterocycles. The van der Waals surface area contributed by atoms with E-state index in [1.807, 2.05) is 0 Å². The third-order valence-corrected chi connectivity index (χ3v) is 6.33. The quantitative estimate of drug-likeness (QED) is 0.261. The van der Waals surface area contributed by atoms with E-state index in [0.29, 0.717) is 0 Å². The van der Waals surface area contributed by atoms with E-state index < -0.39 is 20.6 Å². The van der Waals surface area contributed by atoms with Gasteiger partial charge in [0.05, 0.1) is 10.0 Å². The van der Waals surface area contributed by atoms with E-state index in [9.17, 15) is 9.59 Å². The molecule has 0 heterocycles. The molecule has 2 atom stereocenters. The smallest absolute Gasteiger partial charge is 0.280 e. The van der Waals surface area contributed by atoms with Gasteiger partial charge in [-0.25, -0.2) is 0 Å². The monoisotopic (exact) mass is 534 g/mol. The summed E-state index contributed by atoms with van der Waals surface area (Å²) in [7, 11) is 0. The largest absolute Gasteiger partial charge is 0.462 e. The van der Waals surface area contributed by atoms with Crippen LogP contribution in [0, 0.1) is 0 Å². The van der Waals surface area contributed by atoms with Crippen LogP contribution in [0.3, 0.4) is 0 Å². The summed E-state index contributed by atoms with van der Waals surface area (Å²) in [6, 6.07) is 9.83. The Balaban J connectivity index is 2.16. The highest BCUT2D eigenvalue weighted by Crippen LogP contribution is 2.39. The number of halogens is 6. The van der Waals surface area contributed by atoms with E-state index in [0.717, 1.165) is 9.79 Å². The SMILES string of the molecule is CC(Cl)(Oc1ccc(Sc2ccc(OC(C)(Cl)C(=O)Cl)c(Cl)c2)cc1Cl)C(=O)Cl. The predicted molar refractivity (Wildman–Crippen MR) is 119 cm³/mol. The molecule has 4 nitrogen and oxygen atoms in total. The summed E-state index contributed by atoms with van der Waals surface area (Å²) in [6.07, 6.45) is 0. The van der Waals surface area contributed by atoms with Gasteiger partial charge in [0.25, 0.3) is 20.6 Å². The fourth-order valence-corrected chi connectivity index (χ4v) is 3.59. The molecule has 0 bridgehead atoms. The van der Waals surface area contributed by atoms with Crippen molar-refractivity contribution in [2.75, 3.05) is 0 Å². The van der Waals surface area contributed by atoms with Gasteiger partial charge >= 0.3 is 0 Å². The maximum absolute atomic E-state index is 11.3. The number of alkyl halides is 2. The van der Waals surface area contributed by atoms with Gasteiger partial charge in [-0.15, -0.1) is 0 Å². The van der Waals surface area contributed by atoms with Crippen molar-refractivity contribution in [2.24, 2.45) is 0 Å². The lowest BCUT2D eigenvalue weighted by atomic mass is 10.3. The van der Waals surface area contributed by atoms with Gasteiger partial charge in [0.15, 0.2) is 0 Å². The average Bonchev–Trinajstić information content (AvgIpc) is 2.59. The fraction of sp³-hybridized carbons (Fsp3) is 0.222. The molecule has 0 amide bonds. The van der Waals surface area contributed by atoms with Crippen molar-refractivity contribution >= 4 is 91.9 Å². The molecule has 0 aliphatic rings. The van der Waals surface area contributed by atoms with Crippen LogP contribution in [0.15, 0.2) is 46.2 Å². The average molecular weight is 537 g/mol. The minimum Gasteiger partial charge on any atom is -0.462 e. The molecule has 0 radical (unpaired) electrons. The number of carbonyl (C=O) groups is 2. The molecule has 0 saturated heterocycles. The third kappa shape index (κ3) is 6.73. The number of carbonyl (C=O) groups excluding carboxylic acids is 2. The topological polar surface area (TPSA) is 52.6 Å². The number of hydrogen-bond donors (Lipinski definition) is 0. The van der Waals surface area contributed by atoms with Crippen molar-refractivity contribution in [1.82, 2.24) is 0 Å². The number of hydrogen-bond acceptors (Lipinski definition) is 5. The van der Waals surface area contributed by atoms with E-state index in [1.54, 1.807) is 36.4 Å². The van der Waals surface area contributed by atoms with Crippen molar-refractivity contribution < 1.29 is 19.1 Å². The molecule has 0 aliphatic carbocycles. The fourth-order valence-electron chi connectivity index (χ4n) is 1.88. The highest BCUT2D eigenvalue weighted by Gasteiger charge is 2.33. The summed E-state index contributed by atoms with van der Waals surface area (Å²) >= 11 is 36.4. The maximum atomic E-state index is 11.3. The van der Waals surface area contributed by atoms with E-state index in [1.165, 1.54) is 25.6 Å². The van der Waals surface area contributed by atoms with Crippen LogP contribution in [0.2, 0.25) is 10.0 Å². The van der Waals surface area contributed by atoms with Gasteiger partial charge in [-0.1, -0.05) is 58.2 Å². The lowest BCUT2D eigenvalue weighted by Gasteiger charge is -2.21. The van der Waals surface area contributed by atoms with Gasteiger partial charge in [-0.05, 0) is 73.4 Å². The lowest BCUT2D eigenvalue weighted by molar-refractivity contribution is -0.120. The molecule has 2 rings (SSSR count). The third-order valence-electron chi connectivity index (χ3n) is 3.35. The second-order valence-electron chi connectivity index (χ2n) is 5.87. The van der Waals surface area contributed by atoms with Crippen LogP contribution in [0.4, 0.5) is 0 Å². The maximum Gasteiger partial charge on any atom is 0.280 e. The van der Waals surface area contributed by atoms with Crippen LogP contribution in [0.5, 0.6) is 11.5 Å². The minimum absolute atomic E-state index is 0.205. The Kier molecular flexibility index (Phi) is 8.30.